The summed E-state index contributed by atoms with van der Waals surface area (Å²) in [5.41, 5.74) is 7.72. The molecule has 22 radical (unpaired) electrons. The maximum Gasteiger partial charge on any atom is 0.164 e. The molecule has 0 fully saturated rings. The van der Waals surface area contributed by atoms with Crippen LogP contribution in [0.5, 0.6) is 0 Å². The highest BCUT2D eigenvalue weighted by atomic mass is 32.1. The summed E-state index contributed by atoms with van der Waals surface area (Å²) in [4.78, 5) is 14.9. The van der Waals surface area contributed by atoms with Crippen LogP contribution in [0.4, 0.5) is 0 Å². The Hall–Kier alpha value is -5.52. The lowest BCUT2D eigenvalue weighted by atomic mass is 9.57. The summed E-state index contributed by atoms with van der Waals surface area (Å²) in [5, 5.41) is 0.904. The van der Waals surface area contributed by atoms with E-state index in [1.807, 2.05) is 72.8 Å². The van der Waals surface area contributed by atoms with Gasteiger partial charge in [-0.25, -0.2) is 15.0 Å². The maximum absolute atomic E-state index is 7.02. The highest BCUT2D eigenvalue weighted by molar-refractivity contribution is 7.28. The molecule has 0 saturated heterocycles. The van der Waals surface area contributed by atoms with E-state index >= 15 is 0 Å². The van der Waals surface area contributed by atoms with E-state index in [0.717, 1.165) is 33.4 Å². The molecule has 9 rings (SSSR count). The Morgan fingerprint density at radius 3 is 1.12 bits per heavy atom. The first-order valence-corrected chi connectivity index (χ1v) is 19.5. The molecule has 0 aliphatic carbocycles. The van der Waals surface area contributed by atoms with Gasteiger partial charge in [0, 0.05) is 26.1 Å². The quantitative estimate of drug-likeness (QED) is 0.205. The number of hydrogen-bond acceptors (Lipinski definition) is 4. The fraction of sp³-hybridized carbons (Fsp3) is 0. The molecular formula is C45H18B11N3S. The van der Waals surface area contributed by atoms with Crippen molar-refractivity contribution in [1.29, 1.82) is 0 Å². The van der Waals surface area contributed by atoms with Gasteiger partial charge in [0.2, 0.25) is 0 Å². The van der Waals surface area contributed by atoms with Gasteiger partial charge >= 0.3 is 0 Å². The van der Waals surface area contributed by atoms with Crippen LogP contribution in [0.15, 0.2) is 109 Å². The normalized spacial score (nSPS) is 11.4. The molecule has 7 aromatic carbocycles. The van der Waals surface area contributed by atoms with Crippen molar-refractivity contribution in [3.8, 4) is 67.5 Å². The topological polar surface area (TPSA) is 38.7 Å². The lowest BCUT2D eigenvalue weighted by molar-refractivity contribution is 1.08. The van der Waals surface area contributed by atoms with Gasteiger partial charge in [0.15, 0.2) is 17.5 Å². The van der Waals surface area contributed by atoms with E-state index in [9.17, 15) is 0 Å². The van der Waals surface area contributed by atoms with Crippen molar-refractivity contribution in [2.24, 2.45) is 0 Å². The summed E-state index contributed by atoms with van der Waals surface area (Å²) in [6.07, 6.45) is 0. The Morgan fingerprint density at radius 2 is 0.600 bits per heavy atom. The predicted octanol–water partition coefficient (Wildman–Crippen LogP) is -1.03. The summed E-state index contributed by atoms with van der Waals surface area (Å²) >= 11 is 1.27. The molecule has 60 heavy (non-hydrogen) atoms. The molecule has 15 heteroatoms. The molecule has 0 aliphatic rings. The van der Waals surface area contributed by atoms with Crippen LogP contribution in [-0.4, -0.2) is 101 Å². The van der Waals surface area contributed by atoms with Gasteiger partial charge in [-0.05, 0) is 44.2 Å². The molecule has 0 bridgehead atoms. The number of nitrogens with zero attached hydrogens (tertiary/aromatic N) is 3. The van der Waals surface area contributed by atoms with Crippen molar-refractivity contribution in [3.05, 3.63) is 109 Å². The van der Waals surface area contributed by atoms with Crippen LogP contribution in [0.3, 0.4) is 0 Å². The second-order valence-electron chi connectivity index (χ2n) is 14.4. The smallest absolute Gasteiger partial charge is 0.164 e. The van der Waals surface area contributed by atoms with Crippen molar-refractivity contribution >= 4 is 178 Å². The van der Waals surface area contributed by atoms with E-state index in [1.165, 1.54) is 11.3 Å². The van der Waals surface area contributed by atoms with Crippen molar-refractivity contribution in [2.45, 2.75) is 0 Å². The van der Waals surface area contributed by atoms with E-state index in [-0.39, 0.29) is 77.0 Å². The van der Waals surface area contributed by atoms with Crippen LogP contribution < -0.4 is 60.1 Å². The second kappa shape index (κ2) is 15.5. The molecule has 3 nitrogen and oxygen atoms in total. The molecule has 0 atom stereocenters. The molecule has 0 N–H and O–H groups in total. The van der Waals surface area contributed by atoms with E-state index in [0.29, 0.717) is 37.4 Å². The third kappa shape index (κ3) is 6.48. The second-order valence-corrected chi connectivity index (χ2v) is 15.4. The average Bonchev–Trinajstić information content (AvgIpc) is 3.69. The fourth-order valence-corrected chi connectivity index (χ4v) is 8.97. The van der Waals surface area contributed by atoms with Crippen molar-refractivity contribution in [1.82, 2.24) is 15.0 Å². The molecule has 252 valence electrons. The monoisotopic (exact) mass is 753 g/mol. The molecule has 0 aliphatic heterocycles. The summed E-state index contributed by atoms with van der Waals surface area (Å²) < 4.78 is 1.08. The van der Waals surface area contributed by atoms with E-state index < -0.39 is 0 Å². The van der Waals surface area contributed by atoms with Crippen LogP contribution >= 0.6 is 11.3 Å². The van der Waals surface area contributed by atoms with Gasteiger partial charge in [0.25, 0.3) is 0 Å². The highest BCUT2D eigenvalue weighted by Gasteiger charge is 2.25. The summed E-state index contributed by atoms with van der Waals surface area (Å²) in [7, 11) is 72.6. The Balaban J connectivity index is 1.24. The number of rotatable bonds is 6. The van der Waals surface area contributed by atoms with Crippen LogP contribution in [-0.2, 0) is 0 Å². The van der Waals surface area contributed by atoms with Crippen LogP contribution in [0.1, 0.15) is 0 Å². The first kappa shape index (κ1) is 39.9. The third-order valence-corrected chi connectivity index (χ3v) is 12.1. The minimum atomic E-state index is 0.0233. The predicted molar refractivity (Wildman–Crippen MR) is 265 cm³/mol. The Kier molecular flexibility index (Phi) is 10.3. The number of thiophene rings is 1. The SMILES string of the molecule is [B]c1c([B])c([B])c(-c2c([B])c([B])c3sc4c(-c5nc(-c6ccccc6)nc(-c6ccc(-c7ccc(-c8ccccc8)cc7)cc6)n5)c([B])c([B])c([B])c4c3c2[B])c([B])c1[B]. The Bertz CT molecular complexity index is 3170. The van der Waals surface area contributed by atoms with E-state index in [2.05, 4.69) is 36.4 Å². The Labute approximate surface area is 367 Å². The van der Waals surface area contributed by atoms with Crippen LogP contribution in [0, 0.1) is 0 Å². The summed E-state index contributed by atoms with van der Waals surface area (Å²) in [5.74, 6) is 1.07. The molecule has 0 spiro atoms. The van der Waals surface area contributed by atoms with Gasteiger partial charge in [-0.1, -0.05) is 147 Å². The van der Waals surface area contributed by atoms with Crippen LogP contribution in [0.25, 0.3) is 87.7 Å². The van der Waals surface area contributed by atoms with Gasteiger partial charge in [-0.3, -0.25) is 0 Å². The van der Waals surface area contributed by atoms with E-state index in [4.69, 9.17) is 101 Å². The number of fused-ring (bicyclic) bond motifs is 3. The zero-order chi connectivity index (χ0) is 42.1. The zero-order valence-corrected chi connectivity index (χ0v) is 32.8. The summed E-state index contributed by atoms with van der Waals surface area (Å²) in [6, 6.07) is 36.3. The number of hydrogen-bond donors (Lipinski definition) is 0. The lowest BCUT2D eigenvalue weighted by Gasteiger charge is -2.26. The zero-order valence-electron chi connectivity index (χ0n) is 32.0. The molecular weight excluding hydrogens is 734 g/mol. The molecule has 2 heterocycles. The molecule has 9 aromatic rings. The van der Waals surface area contributed by atoms with Crippen molar-refractivity contribution in [2.75, 3.05) is 0 Å². The lowest BCUT2D eigenvalue weighted by Crippen LogP contribution is -2.56. The van der Waals surface area contributed by atoms with Gasteiger partial charge < -0.3 is 0 Å². The number of aromatic nitrogens is 3. The third-order valence-electron chi connectivity index (χ3n) is 10.9. The fourth-order valence-electron chi connectivity index (χ4n) is 7.62. The van der Waals surface area contributed by atoms with Gasteiger partial charge in [0.05, 0.1) is 0 Å². The molecule has 0 unspecified atom stereocenters. The molecule has 2 aromatic heterocycles. The van der Waals surface area contributed by atoms with Crippen LogP contribution in [0.2, 0.25) is 0 Å². The first-order chi connectivity index (χ1) is 28.8. The molecule has 0 amide bonds. The Morgan fingerprint density at radius 1 is 0.267 bits per heavy atom. The minimum Gasteiger partial charge on any atom is -0.208 e. The van der Waals surface area contributed by atoms with Gasteiger partial charge in [0.1, 0.15) is 86.3 Å². The van der Waals surface area contributed by atoms with Gasteiger partial charge in [-0.15, -0.1) is 33.2 Å². The maximum atomic E-state index is 7.02. The first-order valence-electron chi connectivity index (χ1n) is 18.6. The molecule has 0 saturated carbocycles. The van der Waals surface area contributed by atoms with Crippen molar-refractivity contribution in [3.63, 3.8) is 0 Å². The largest absolute Gasteiger partial charge is 0.208 e. The number of benzene rings is 7. The van der Waals surface area contributed by atoms with Crippen molar-refractivity contribution < 1.29 is 0 Å². The van der Waals surface area contributed by atoms with E-state index in [1.54, 1.807) is 0 Å². The standard InChI is InChI=1S/C45H18B11N3S/c46-30-25(26-31(47)37(53)39(55)38(54)32(26)48)33(49)40(56)42-27(30)28-34(50)36(52)35(51)29(41(28)60-42)45-58-43(23-9-5-2-6-10-23)57-44(59-45)24-17-15-22(16-18-24)21-13-11-20(12-14-21)19-7-3-1-4-8-19/h1-18H. The summed E-state index contributed by atoms with van der Waals surface area (Å²) in [6.45, 7) is 0. The van der Waals surface area contributed by atoms with Gasteiger partial charge in [-0.2, -0.15) is 0 Å². The average molecular weight is 752 g/mol. The highest BCUT2D eigenvalue weighted by Crippen LogP contribution is 2.37. The minimum absolute atomic E-state index is 0.0233.